The molecule has 1 heterocycles. The second-order valence-electron chi connectivity index (χ2n) is 4.71. The maximum Gasteiger partial charge on any atom is 0.318 e. The summed E-state index contributed by atoms with van der Waals surface area (Å²) < 4.78 is 0. The number of carboxylic acids is 1. The molecule has 8 nitrogen and oxygen atoms in total. The first-order valence-electron chi connectivity index (χ1n) is 5.87. The van der Waals surface area contributed by atoms with Crippen molar-refractivity contribution in [3.8, 4) is 0 Å². The van der Waals surface area contributed by atoms with Gasteiger partial charge in [-0.3, -0.25) is 19.7 Å². The molecule has 0 aromatic heterocycles. The fourth-order valence-corrected chi connectivity index (χ4v) is 1.52. The van der Waals surface area contributed by atoms with E-state index in [0.717, 1.165) is 4.90 Å². The first kappa shape index (κ1) is 14.9. The average Bonchev–Trinajstić information content (AvgIpc) is 2.34. The van der Waals surface area contributed by atoms with Gasteiger partial charge in [0.1, 0.15) is 13.1 Å². The molecule has 3 N–H and O–H groups in total. The van der Waals surface area contributed by atoms with Gasteiger partial charge in [0.15, 0.2) is 0 Å². The number of imide groups is 1. The molecule has 0 aromatic rings. The van der Waals surface area contributed by atoms with Gasteiger partial charge < -0.3 is 15.3 Å². The van der Waals surface area contributed by atoms with Crippen molar-refractivity contribution in [2.75, 3.05) is 19.6 Å². The molecule has 1 unspecified atom stereocenters. The van der Waals surface area contributed by atoms with Crippen LogP contribution in [0.1, 0.15) is 20.3 Å². The van der Waals surface area contributed by atoms with Gasteiger partial charge in [0.2, 0.25) is 11.8 Å². The van der Waals surface area contributed by atoms with Crippen molar-refractivity contribution in [1.82, 2.24) is 15.5 Å². The molecule has 0 radical (unpaired) electrons. The summed E-state index contributed by atoms with van der Waals surface area (Å²) in [6.45, 7) is 2.73. The number of amides is 4. The van der Waals surface area contributed by atoms with Crippen LogP contribution in [-0.2, 0) is 14.4 Å². The standard InChI is InChI=1S/C11H17N3O5/c1-3-11(2,9(17)18)6-12-10(19)14-4-7(15)13-8(16)5-14/h3-6H2,1-2H3,(H,12,19)(H,17,18)(H,13,15,16). The number of carbonyl (C=O) groups excluding carboxylic acids is 3. The van der Waals surface area contributed by atoms with E-state index in [2.05, 4.69) is 10.6 Å². The van der Waals surface area contributed by atoms with E-state index in [4.69, 9.17) is 5.11 Å². The van der Waals surface area contributed by atoms with Crippen molar-refractivity contribution >= 4 is 23.8 Å². The molecule has 8 heteroatoms. The number of carboxylic acid groups (broad SMARTS) is 1. The third-order valence-corrected chi connectivity index (χ3v) is 3.16. The highest BCUT2D eigenvalue weighted by Gasteiger charge is 2.33. The van der Waals surface area contributed by atoms with Crippen molar-refractivity contribution in [2.45, 2.75) is 20.3 Å². The summed E-state index contributed by atoms with van der Waals surface area (Å²) in [7, 11) is 0. The predicted octanol–water partition coefficient (Wildman–Crippen LogP) is -0.845. The molecule has 1 atom stereocenters. The number of piperazine rings is 1. The number of aliphatic carboxylic acids is 1. The van der Waals surface area contributed by atoms with Crippen LogP contribution in [0, 0.1) is 5.41 Å². The average molecular weight is 271 g/mol. The highest BCUT2D eigenvalue weighted by molar-refractivity contribution is 6.02. The maximum absolute atomic E-state index is 11.8. The molecule has 0 aliphatic carbocycles. The minimum absolute atomic E-state index is 0.0655. The lowest BCUT2D eigenvalue weighted by Gasteiger charge is -2.28. The van der Waals surface area contributed by atoms with Gasteiger partial charge in [0, 0.05) is 6.54 Å². The van der Waals surface area contributed by atoms with Gasteiger partial charge in [0.25, 0.3) is 0 Å². The third-order valence-electron chi connectivity index (χ3n) is 3.16. The Morgan fingerprint density at radius 3 is 2.32 bits per heavy atom. The molecule has 1 fully saturated rings. The molecule has 19 heavy (non-hydrogen) atoms. The molecule has 4 amide bonds. The molecule has 106 valence electrons. The molecule has 0 bridgehead atoms. The van der Waals surface area contributed by atoms with Crippen LogP contribution in [0.25, 0.3) is 0 Å². The lowest BCUT2D eigenvalue weighted by atomic mass is 9.88. The fraction of sp³-hybridized carbons (Fsp3) is 0.636. The van der Waals surface area contributed by atoms with Crippen LogP contribution in [0.4, 0.5) is 4.79 Å². The molecule has 1 rings (SSSR count). The van der Waals surface area contributed by atoms with Crippen molar-refractivity contribution in [2.24, 2.45) is 5.41 Å². The first-order valence-corrected chi connectivity index (χ1v) is 5.87. The second-order valence-corrected chi connectivity index (χ2v) is 4.71. The highest BCUT2D eigenvalue weighted by Crippen LogP contribution is 2.19. The molecular weight excluding hydrogens is 254 g/mol. The number of hydrogen-bond acceptors (Lipinski definition) is 4. The zero-order valence-electron chi connectivity index (χ0n) is 10.9. The van der Waals surface area contributed by atoms with E-state index >= 15 is 0 Å². The van der Waals surface area contributed by atoms with E-state index < -0.39 is 29.2 Å². The Balaban J connectivity index is 2.58. The van der Waals surface area contributed by atoms with E-state index in [9.17, 15) is 19.2 Å². The van der Waals surface area contributed by atoms with Gasteiger partial charge in [-0.05, 0) is 13.3 Å². The molecular formula is C11H17N3O5. The van der Waals surface area contributed by atoms with E-state index in [1.807, 2.05) is 0 Å². The normalized spacial score (nSPS) is 18.5. The number of hydrogen-bond donors (Lipinski definition) is 3. The van der Waals surface area contributed by atoms with Crippen molar-refractivity contribution in [3.63, 3.8) is 0 Å². The van der Waals surface area contributed by atoms with Gasteiger partial charge >= 0.3 is 12.0 Å². The second kappa shape index (κ2) is 5.68. The van der Waals surface area contributed by atoms with Gasteiger partial charge in [-0.15, -0.1) is 0 Å². The number of nitrogens with one attached hydrogen (secondary N) is 2. The van der Waals surface area contributed by atoms with Gasteiger partial charge in [-0.2, -0.15) is 0 Å². The maximum atomic E-state index is 11.8. The fourth-order valence-electron chi connectivity index (χ4n) is 1.52. The number of carbonyl (C=O) groups is 4. The van der Waals surface area contributed by atoms with Crippen LogP contribution < -0.4 is 10.6 Å². The summed E-state index contributed by atoms with van der Waals surface area (Å²) in [5, 5.41) is 13.6. The third kappa shape index (κ3) is 3.67. The van der Waals surface area contributed by atoms with Crippen LogP contribution in [0.15, 0.2) is 0 Å². The molecule has 1 aliphatic rings. The van der Waals surface area contributed by atoms with Crippen molar-refractivity contribution in [3.05, 3.63) is 0 Å². The zero-order chi connectivity index (χ0) is 14.6. The summed E-state index contributed by atoms with van der Waals surface area (Å²) in [6, 6.07) is -0.621. The Kier molecular flexibility index (Phi) is 4.47. The topological polar surface area (TPSA) is 116 Å². The van der Waals surface area contributed by atoms with E-state index in [-0.39, 0.29) is 19.6 Å². The lowest BCUT2D eigenvalue weighted by Crippen LogP contribution is -2.56. The molecule has 0 aromatic carbocycles. The van der Waals surface area contributed by atoms with E-state index in [1.54, 1.807) is 6.92 Å². The Labute approximate surface area is 110 Å². The summed E-state index contributed by atoms with van der Waals surface area (Å²) in [4.78, 5) is 46.1. The smallest absolute Gasteiger partial charge is 0.318 e. The first-order chi connectivity index (χ1) is 8.78. The SMILES string of the molecule is CCC(C)(CNC(=O)N1CC(=O)NC(=O)C1)C(=O)O. The lowest BCUT2D eigenvalue weighted by molar-refractivity contribution is -0.148. The Hall–Kier alpha value is -2.12. The highest BCUT2D eigenvalue weighted by atomic mass is 16.4. The molecule has 0 saturated carbocycles. The van der Waals surface area contributed by atoms with Crippen LogP contribution in [0.5, 0.6) is 0 Å². The number of nitrogens with zero attached hydrogens (tertiary/aromatic N) is 1. The summed E-state index contributed by atoms with van der Waals surface area (Å²) in [5.41, 5.74) is -1.07. The Bertz CT molecular complexity index is 407. The minimum Gasteiger partial charge on any atom is -0.481 e. The van der Waals surface area contributed by atoms with Crippen molar-refractivity contribution < 1.29 is 24.3 Å². The molecule has 1 aliphatic heterocycles. The minimum atomic E-state index is -1.07. The van der Waals surface area contributed by atoms with Crippen LogP contribution >= 0.6 is 0 Å². The quantitative estimate of drug-likeness (QED) is 0.576. The van der Waals surface area contributed by atoms with Gasteiger partial charge in [-0.25, -0.2) is 4.79 Å². The van der Waals surface area contributed by atoms with E-state index in [1.165, 1.54) is 6.92 Å². The summed E-state index contributed by atoms with van der Waals surface area (Å²) in [6.07, 6.45) is 0.349. The van der Waals surface area contributed by atoms with Gasteiger partial charge in [-0.1, -0.05) is 6.92 Å². The van der Waals surface area contributed by atoms with E-state index in [0.29, 0.717) is 6.42 Å². The van der Waals surface area contributed by atoms with Crippen LogP contribution in [0.3, 0.4) is 0 Å². The Morgan fingerprint density at radius 2 is 1.89 bits per heavy atom. The van der Waals surface area contributed by atoms with Crippen LogP contribution in [-0.4, -0.2) is 53.5 Å². The van der Waals surface area contributed by atoms with Gasteiger partial charge in [0.05, 0.1) is 5.41 Å². The van der Waals surface area contributed by atoms with Crippen LogP contribution in [0.2, 0.25) is 0 Å². The number of rotatable bonds is 4. The summed E-state index contributed by atoms with van der Waals surface area (Å²) in [5.74, 6) is -2.12. The zero-order valence-corrected chi connectivity index (χ0v) is 10.9. The number of urea groups is 1. The molecule has 0 spiro atoms. The predicted molar refractivity (Wildman–Crippen MR) is 64.2 cm³/mol. The summed E-state index contributed by atoms with van der Waals surface area (Å²) >= 11 is 0. The Morgan fingerprint density at radius 1 is 1.37 bits per heavy atom. The monoisotopic (exact) mass is 271 g/mol. The molecule has 1 saturated heterocycles. The van der Waals surface area contributed by atoms with Crippen molar-refractivity contribution in [1.29, 1.82) is 0 Å². The largest absolute Gasteiger partial charge is 0.481 e.